The fourth-order valence-corrected chi connectivity index (χ4v) is 2.55. The van der Waals surface area contributed by atoms with Crippen molar-refractivity contribution in [1.29, 1.82) is 5.26 Å². The van der Waals surface area contributed by atoms with Gasteiger partial charge in [0.15, 0.2) is 0 Å². The smallest absolute Gasteiger partial charge is 0.271 e. The Bertz CT molecular complexity index is 772. The summed E-state index contributed by atoms with van der Waals surface area (Å²) < 4.78 is 6.10. The van der Waals surface area contributed by atoms with E-state index in [1.54, 1.807) is 25.1 Å². The van der Waals surface area contributed by atoms with Gasteiger partial charge in [-0.1, -0.05) is 15.9 Å². The molecule has 0 saturated heterocycles. The fourth-order valence-electron chi connectivity index (χ4n) is 2.17. The van der Waals surface area contributed by atoms with Crippen LogP contribution in [-0.4, -0.2) is 30.9 Å². The number of ether oxygens (including phenoxy) is 1. The molecule has 22 heavy (non-hydrogen) atoms. The molecule has 6 heteroatoms. The number of benzene rings is 1. The number of carbonyl (C=O) groups excluding carboxylic acids is 2. The Morgan fingerprint density at radius 2 is 2.00 bits per heavy atom. The molecule has 1 aliphatic rings. The molecule has 1 aromatic rings. The first kappa shape index (κ1) is 16.0. The van der Waals surface area contributed by atoms with Gasteiger partial charge in [-0.15, -0.1) is 0 Å². The van der Waals surface area contributed by atoms with Crippen molar-refractivity contribution in [3.8, 4) is 11.8 Å². The zero-order valence-corrected chi connectivity index (χ0v) is 13.9. The number of methoxy groups -OCH3 is 1. The first-order chi connectivity index (χ1) is 10.4. The van der Waals surface area contributed by atoms with E-state index in [0.717, 1.165) is 9.37 Å². The van der Waals surface area contributed by atoms with Crippen LogP contribution in [0.3, 0.4) is 0 Å². The van der Waals surface area contributed by atoms with Crippen LogP contribution in [0.25, 0.3) is 6.08 Å². The SMILES string of the molecule is COc1ccc(Br)cc1/C=C1\C(=O)N(C)C(=O)C(C#N)=C1C. The molecule has 1 heterocycles. The van der Waals surface area contributed by atoms with E-state index < -0.39 is 11.8 Å². The summed E-state index contributed by atoms with van der Waals surface area (Å²) in [7, 11) is 2.90. The summed E-state index contributed by atoms with van der Waals surface area (Å²) in [6.45, 7) is 1.59. The van der Waals surface area contributed by atoms with E-state index in [2.05, 4.69) is 15.9 Å². The first-order valence-electron chi connectivity index (χ1n) is 6.39. The maximum Gasteiger partial charge on any atom is 0.271 e. The van der Waals surface area contributed by atoms with Crippen molar-refractivity contribution in [2.45, 2.75) is 6.92 Å². The highest BCUT2D eigenvalue weighted by atomic mass is 79.9. The minimum absolute atomic E-state index is 0.0256. The van der Waals surface area contributed by atoms with Crippen LogP contribution in [0.5, 0.6) is 5.75 Å². The van der Waals surface area contributed by atoms with Crippen molar-refractivity contribution >= 4 is 33.8 Å². The fraction of sp³-hybridized carbons (Fsp3) is 0.188. The maximum atomic E-state index is 12.3. The highest BCUT2D eigenvalue weighted by Crippen LogP contribution is 2.30. The lowest BCUT2D eigenvalue weighted by Crippen LogP contribution is -2.39. The molecule has 0 aliphatic carbocycles. The average molecular weight is 361 g/mol. The Labute approximate surface area is 136 Å². The second kappa shape index (κ2) is 6.16. The van der Waals surface area contributed by atoms with E-state index in [1.807, 2.05) is 12.1 Å². The summed E-state index contributed by atoms with van der Waals surface area (Å²) in [5.74, 6) is -0.429. The van der Waals surface area contributed by atoms with Crippen LogP contribution in [-0.2, 0) is 9.59 Å². The van der Waals surface area contributed by atoms with Crippen LogP contribution in [0.1, 0.15) is 12.5 Å². The monoisotopic (exact) mass is 360 g/mol. The van der Waals surface area contributed by atoms with Gasteiger partial charge in [-0.3, -0.25) is 14.5 Å². The summed E-state index contributed by atoms with van der Waals surface area (Å²) in [6.07, 6.45) is 1.63. The van der Waals surface area contributed by atoms with Crippen LogP contribution in [0.15, 0.2) is 39.4 Å². The number of hydrogen-bond donors (Lipinski definition) is 0. The van der Waals surface area contributed by atoms with Crippen molar-refractivity contribution < 1.29 is 14.3 Å². The number of rotatable bonds is 2. The van der Waals surface area contributed by atoms with E-state index in [1.165, 1.54) is 14.2 Å². The van der Waals surface area contributed by atoms with Gasteiger partial charge in [-0.2, -0.15) is 5.26 Å². The molecule has 2 rings (SSSR count). The maximum absolute atomic E-state index is 12.3. The summed E-state index contributed by atoms with van der Waals surface area (Å²) in [4.78, 5) is 25.2. The zero-order chi connectivity index (χ0) is 16.4. The van der Waals surface area contributed by atoms with Crippen molar-refractivity contribution in [3.05, 3.63) is 45.0 Å². The van der Waals surface area contributed by atoms with Gasteiger partial charge in [-0.25, -0.2) is 0 Å². The van der Waals surface area contributed by atoms with Crippen molar-refractivity contribution in [1.82, 2.24) is 4.90 Å². The Morgan fingerprint density at radius 1 is 1.32 bits per heavy atom. The van der Waals surface area contributed by atoms with Gasteiger partial charge in [0.05, 0.1) is 7.11 Å². The van der Waals surface area contributed by atoms with E-state index >= 15 is 0 Å². The molecule has 0 N–H and O–H groups in total. The summed E-state index contributed by atoms with van der Waals surface area (Å²) in [5, 5.41) is 9.14. The molecule has 5 nitrogen and oxygen atoms in total. The lowest BCUT2D eigenvalue weighted by molar-refractivity contribution is -0.138. The van der Waals surface area contributed by atoms with E-state index in [9.17, 15) is 9.59 Å². The minimum atomic E-state index is -0.580. The Balaban J connectivity index is 2.67. The van der Waals surface area contributed by atoms with Crippen LogP contribution < -0.4 is 4.74 Å². The molecule has 0 fully saturated rings. The van der Waals surface area contributed by atoms with Crippen LogP contribution in [0.2, 0.25) is 0 Å². The van der Waals surface area contributed by atoms with Gasteiger partial charge in [0.2, 0.25) is 0 Å². The number of nitriles is 1. The van der Waals surface area contributed by atoms with Crippen LogP contribution in [0, 0.1) is 11.3 Å². The van der Waals surface area contributed by atoms with Crippen molar-refractivity contribution in [2.75, 3.05) is 14.2 Å². The van der Waals surface area contributed by atoms with Gasteiger partial charge >= 0.3 is 0 Å². The Hall–Kier alpha value is -2.39. The Morgan fingerprint density at radius 3 is 2.59 bits per heavy atom. The molecule has 0 radical (unpaired) electrons. The molecule has 2 amide bonds. The number of amides is 2. The standard InChI is InChI=1S/C16H13BrN2O3/c1-9-12(15(20)19(2)16(21)13(9)8-18)7-10-6-11(17)4-5-14(10)22-3/h4-7H,1-3H3/b12-7-. The van der Waals surface area contributed by atoms with Crippen LogP contribution >= 0.6 is 15.9 Å². The highest BCUT2D eigenvalue weighted by Gasteiger charge is 2.32. The predicted octanol–water partition coefficient (Wildman–Crippen LogP) is 2.68. The van der Waals surface area contributed by atoms with Crippen LogP contribution in [0.4, 0.5) is 0 Å². The van der Waals surface area contributed by atoms with Crippen molar-refractivity contribution in [3.63, 3.8) is 0 Å². The number of hydrogen-bond acceptors (Lipinski definition) is 4. The number of imide groups is 1. The molecule has 0 unspecified atom stereocenters. The first-order valence-corrected chi connectivity index (χ1v) is 7.19. The van der Waals surface area contributed by atoms with E-state index in [-0.39, 0.29) is 5.57 Å². The van der Waals surface area contributed by atoms with E-state index in [4.69, 9.17) is 10.00 Å². The summed E-state index contributed by atoms with van der Waals surface area (Å²) in [6, 6.07) is 7.25. The highest BCUT2D eigenvalue weighted by molar-refractivity contribution is 9.10. The van der Waals surface area contributed by atoms with Gasteiger partial charge in [0, 0.05) is 22.7 Å². The molecule has 0 saturated carbocycles. The molecule has 0 atom stereocenters. The topological polar surface area (TPSA) is 70.4 Å². The molecule has 1 aromatic carbocycles. The third kappa shape index (κ3) is 2.68. The van der Waals surface area contributed by atoms with Gasteiger partial charge < -0.3 is 4.74 Å². The molecule has 0 bridgehead atoms. The Kier molecular flexibility index (Phi) is 4.48. The van der Waals surface area contributed by atoms with Gasteiger partial charge in [-0.05, 0) is 36.8 Å². The second-order valence-corrected chi connectivity index (χ2v) is 5.64. The van der Waals surface area contributed by atoms with Gasteiger partial charge in [0.1, 0.15) is 17.4 Å². The number of nitrogens with zero attached hydrogens (tertiary/aromatic N) is 2. The molecule has 112 valence electrons. The average Bonchev–Trinajstić information content (AvgIpc) is 2.50. The molecule has 0 spiro atoms. The molecule has 0 aromatic heterocycles. The number of likely N-dealkylation sites (N-methyl/N-ethyl adjacent to an activating group) is 1. The normalized spacial score (nSPS) is 17.0. The van der Waals surface area contributed by atoms with Crippen molar-refractivity contribution in [2.24, 2.45) is 0 Å². The molecule has 1 aliphatic heterocycles. The minimum Gasteiger partial charge on any atom is -0.496 e. The third-order valence-electron chi connectivity index (χ3n) is 3.44. The lowest BCUT2D eigenvalue weighted by atomic mass is 9.94. The second-order valence-electron chi connectivity index (χ2n) is 4.73. The molecular formula is C16H13BrN2O3. The number of halogens is 1. The van der Waals surface area contributed by atoms with E-state index in [0.29, 0.717) is 22.5 Å². The predicted molar refractivity (Wildman–Crippen MR) is 84.8 cm³/mol. The third-order valence-corrected chi connectivity index (χ3v) is 3.93. The number of carbonyl (C=O) groups is 2. The summed E-state index contributed by atoms with van der Waals surface area (Å²) in [5.41, 5.74) is 1.33. The largest absolute Gasteiger partial charge is 0.496 e. The summed E-state index contributed by atoms with van der Waals surface area (Å²) >= 11 is 3.37. The zero-order valence-electron chi connectivity index (χ0n) is 12.3. The lowest BCUT2D eigenvalue weighted by Gasteiger charge is -2.23. The quantitative estimate of drug-likeness (QED) is 0.600. The molecular weight excluding hydrogens is 348 g/mol. The van der Waals surface area contributed by atoms with Gasteiger partial charge in [0.25, 0.3) is 11.8 Å².